The average Bonchev–Trinajstić information content (AvgIpc) is 2.56. The summed E-state index contributed by atoms with van der Waals surface area (Å²) in [6, 6.07) is 6.62. The van der Waals surface area contributed by atoms with Gasteiger partial charge in [0.05, 0.1) is 11.0 Å². The number of ether oxygens (including phenoxy) is 1. The number of aliphatic imine (C=N–C) groups is 1. The number of benzene rings is 1. The predicted molar refractivity (Wildman–Crippen MR) is 94.2 cm³/mol. The van der Waals surface area contributed by atoms with E-state index in [0.717, 1.165) is 44.1 Å². The molecule has 24 heavy (non-hydrogen) atoms. The van der Waals surface area contributed by atoms with E-state index >= 15 is 0 Å². The number of hydrogen-bond donors (Lipinski definition) is 2. The molecule has 2 rings (SSSR count). The van der Waals surface area contributed by atoms with Crippen molar-refractivity contribution in [2.24, 2.45) is 10.1 Å². The van der Waals surface area contributed by atoms with Crippen molar-refractivity contribution in [3.63, 3.8) is 0 Å². The Morgan fingerprint density at radius 3 is 2.71 bits per heavy atom. The summed E-state index contributed by atoms with van der Waals surface area (Å²) in [6.45, 7) is 5.03. The Balaban J connectivity index is 1.93. The number of likely N-dealkylation sites (tertiary alicyclic amines) is 1. The number of guanidine groups is 1. The van der Waals surface area contributed by atoms with Crippen molar-refractivity contribution in [2.75, 3.05) is 26.7 Å². The molecule has 0 aliphatic carbocycles. The van der Waals surface area contributed by atoms with Crippen molar-refractivity contribution in [2.45, 2.75) is 37.3 Å². The van der Waals surface area contributed by atoms with E-state index in [9.17, 15) is 8.42 Å². The highest BCUT2D eigenvalue weighted by Crippen LogP contribution is 2.14. The van der Waals surface area contributed by atoms with Gasteiger partial charge < -0.3 is 15.0 Å². The van der Waals surface area contributed by atoms with E-state index in [1.807, 2.05) is 13.0 Å². The van der Waals surface area contributed by atoms with E-state index in [-0.39, 0.29) is 4.90 Å². The summed E-state index contributed by atoms with van der Waals surface area (Å²) in [7, 11) is -1.94. The third-order valence-electron chi connectivity index (χ3n) is 4.03. The van der Waals surface area contributed by atoms with Crippen molar-refractivity contribution in [3.05, 3.63) is 29.8 Å². The largest absolute Gasteiger partial charge is 0.378 e. The predicted octanol–water partition coefficient (Wildman–Crippen LogP) is 0.910. The molecule has 0 saturated carbocycles. The van der Waals surface area contributed by atoms with Crippen LogP contribution in [0.3, 0.4) is 0 Å². The van der Waals surface area contributed by atoms with E-state index < -0.39 is 10.0 Å². The van der Waals surface area contributed by atoms with Crippen molar-refractivity contribution < 1.29 is 13.2 Å². The molecule has 1 aromatic carbocycles. The molecule has 0 bridgehead atoms. The Morgan fingerprint density at radius 2 is 2.12 bits per heavy atom. The fourth-order valence-electron chi connectivity index (χ4n) is 2.82. The van der Waals surface area contributed by atoms with Crippen LogP contribution in [0, 0.1) is 0 Å². The van der Waals surface area contributed by atoms with E-state index in [4.69, 9.17) is 9.88 Å². The van der Waals surface area contributed by atoms with Crippen LogP contribution in [-0.2, 0) is 21.3 Å². The lowest BCUT2D eigenvalue weighted by Crippen LogP contribution is -2.46. The lowest BCUT2D eigenvalue weighted by atomic mass is 10.1. The molecule has 1 aromatic rings. The summed E-state index contributed by atoms with van der Waals surface area (Å²) < 4.78 is 28.5. The monoisotopic (exact) mass is 354 g/mol. The molecule has 0 spiro atoms. The van der Waals surface area contributed by atoms with Crippen LogP contribution in [0.2, 0.25) is 0 Å². The van der Waals surface area contributed by atoms with Gasteiger partial charge >= 0.3 is 0 Å². The molecule has 3 N–H and O–H groups in total. The van der Waals surface area contributed by atoms with Crippen LogP contribution in [0.4, 0.5) is 0 Å². The van der Waals surface area contributed by atoms with Gasteiger partial charge in [-0.05, 0) is 37.5 Å². The molecule has 134 valence electrons. The van der Waals surface area contributed by atoms with Crippen LogP contribution >= 0.6 is 0 Å². The van der Waals surface area contributed by atoms with Crippen LogP contribution in [0.15, 0.2) is 34.2 Å². The number of rotatable bonds is 5. The molecule has 0 radical (unpaired) electrons. The number of nitrogens with zero attached hydrogens (tertiary/aromatic N) is 2. The third-order valence-corrected chi connectivity index (χ3v) is 4.94. The minimum absolute atomic E-state index is 0.120. The topological polar surface area (TPSA) is 97.0 Å². The van der Waals surface area contributed by atoms with E-state index in [1.54, 1.807) is 19.2 Å². The Labute approximate surface area is 143 Å². The van der Waals surface area contributed by atoms with Crippen molar-refractivity contribution in [3.8, 4) is 0 Å². The Kier molecular flexibility index (Phi) is 6.59. The quantitative estimate of drug-likeness (QED) is 0.605. The normalized spacial score (nSPS) is 17.1. The van der Waals surface area contributed by atoms with E-state index in [0.29, 0.717) is 12.6 Å². The summed E-state index contributed by atoms with van der Waals surface area (Å²) >= 11 is 0. The standard InChI is InChI=1S/C16H26N4O3S/c1-3-23-14-7-9-20(10-8-14)16(18-2)19-12-13-5-4-6-15(11-13)24(17,21)22/h4-6,11,14H,3,7-10,12H2,1-2H3,(H,18,19)(H2,17,21,22). The fourth-order valence-corrected chi connectivity index (χ4v) is 3.40. The maximum absolute atomic E-state index is 11.4. The van der Waals surface area contributed by atoms with Crippen molar-refractivity contribution in [1.82, 2.24) is 10.2 Å². The Bertz CT molecular complexity index is 668. The van der Waals surface area contributed by atoms with Gasteiger partial charge in [0.25, 0.3) is 0 Å². The molecule has 1 aliphatic rings. The van der Waals surface area contributed by atoms with E-state index in [2.05, 4.69) is 15.2 Å². The number of sulfonamides is 1. The molecule has 1 fully saturated rings. The highest BCUT2D eigenvalue weighted by Gasteiger charge is 2.21. The Morgan fingerprint density at radius 1 is 1.42 bits per heavy atom. The minimum Gasteiger partial charge on any atom is -0.378 e. The lowest BCUT2D eigenvalue weighted by Gasteiger charge is -2.34. The lowest BCUT2D eigenvalue weighted by molar-refractivity contribution is 0.0263. The Hall–Kier alpha value is -1.64. The number of nitrogens with two attached hydrogens (primary N) is 1. The van der Waals surface area contributed by atoms with Crippen LogP contribution in [0.1, 0.15) is 25.3 Å². The molecule has 1 aliphatic heterocycles. The first-order chi connectivity index (χ1) is 11.4. The summed E-state index contributed by atoms with van der Waals surface area (Å²) in [5, 5.41) is 8.45. The average molecular weight is 354 g/mol. The minimum atomic E-state index is -3.68. The second kappa shape index (κ2) is 8.46. The smallest absolute Gasteiger partial charge is 0.238 e. The molecule has 1 heterocycles. The van der Waals surface area contributed by atoms with Gasteiger partial charge in [0, 0.05) is 33.3 Å². The number of primary sulfonamides is 1. The van der Waals surface area contributed by atoms with Gasteiger partial charge in [0.1, 0.15) is 0 Å². The van der Waals surface area contributed by atoms with Gasteiger partial charge in [-0.3, -0.25) is 4.99 Å². The van der Waals surface area contributed by atoms with Crippen molar-refractivity contribution >= 4 is 16.0 Å². The zero-order valence-corrected chi connectivity index (χ0v) is 15.1. The van der Waals surface area contributed by atoms with Gasteiger partial charge in [-0.1, -0.05) is 12.1 Å². The van der Waals surface area contributed by atoms with Crippen molar-refractivity contribution in [1.29, 1.82) is 0 Å². The first-order valence-corrected chi connectivity index (χ1v) is 9.67. The highest BCUT2D eigenvalue weighted by molar-refractivity contribution is 7.89. The maximum Gasteiger partial charge on any atom is 0.238 e. The molecule has 0 aromatic heterocycles. The number of piperidine rings is 1. The van der Waals surface area contributed by atoms with Gasteiger partial charge in [0.15, 0.2) is 5.96 Å². The summed E-state index contributed by atoms with van der Waals surface area (Å²) in [5.74, 6) is 0.811. The maximum atomic E-state index is 11.4. The van der Waals surface area contributed by atoms with Gasteiger partial charge in [-0.15, -0.1) is 0 Å². The highest BCUT2D eigenvalue weighted by atomic mass is 32.2. The van der Waals surface area contributed by atoms with E-state index in [1.165, 1.54) is 6.07 Å². The molecule has 1 saturated heterocycles. The molecule has 7 nitrogen and oxygen atoms in total. The molecule has 0 atom stereocenters. The van der Waals surface area contributed by atoms with Crippen LogP contribution in [-0.4, -0.2) is 52.1 Å². The van der Waals surface area contributed by atoms with Crippen LogP contribution < -0.4 is 10.5 Å². The molecule has 0 unspecified atom stereocenters. The molecule has 8 heteroatoms. The summed E-state index contributed by atoms with van der Waals surface area (Å²) in [5.41, 5.74) is 0.840. The van der Waals surface area contributed by atoms with Gasteiger partial charge in [-0.2, -0.15) is 0 Å². The number of nitrogens with one attached hydrogen (secondary N) is 1. The zero-order chi connectivity index (χ0) is 17.6. The van der Waals surface area contributed by atoms with Crippen LogP contribution in [0.25, 0.3) is 0 Å². The first-order valence-electron chi connectivity index (χ1n) is 8.13. The first kappa shape index (κ1) is 18.7. The molecular formula is C16H26N4O3S. The molecule has 0 amide bonds. The fraction of sp³-hybridized carbons (Fsp3) is 0.562. The second-order valence-electron chi connectivity index (χ2n) is 5.73. The SMILES string of the molecule is CCOC1CCN(C(=NC)NCc2cccc(S(N)(=O)=O)c2)CC1. The summed E-state index contributed by atoms with van der Waals surface area (Å²) in [6.07, 6.45) is 2.29. The molecular weight excluding hydrogens is 328 g/mol. The second-order valence-corrected chi connectivity index (χ2v) is 7.30. The zero-order valence-electron chi connectivity index (χ0n) is 14.2. The summed E-state index contributed by atoms with van der Waals surface area (Å²) in [4.78, 5) is 6.63. The van der Waals surface area contributed by atoms with Gasteiger partial charge in [0.2, 0.25) is 10.0 Å². The van der Waals surface area contributed by atoms with Crippen LogP contribution in [0.5, 0.6) is 0 Å². The van der Waals surface area contributed by atoms with Gasteiger partial charge in [-0.25, -0.2) is 13.6 Å². The third kappa shape index (κ3) is 5.19. The number of hydrogen-bond acceptors (Lipinski definition) is 4.